The molecule has 0 aliphatic carbocycles. The Labute approximate surface area is 179 Å². The fraction of sp³-hybridized carbons (Fsp3) is 0.350. The van der Waals surface area contributed by atoms with Gasteiger partial charge in [-0.05, 0) is 51.8 Å². The lowest BCUT2D eigenvalue weighted by Crippen LogP contribution is -2.36. The van der Waals surface area contributed by atoms with Crippen molar-refractivity contribution < 1.29 is 17.9 Å². The molecule has 1 amide bonds. The van der Waals surface area contributed by atoms with Gasteiger partial charge in [-0.3, -0.25) is 4.79 Å². The molecule has 29 heavy (non-hydrogen) atoms. The quantitative estimate of drug-likeness (QED) is 0.685. The third-order valence-corrected chi connectivity index (χ3v) is 7.53. The summed E-state index contributed by atoms with van der Waals surface area (Å²) in [6, 6.07) is 12.6. The zero-order valence-electron chi connectivity index (χ0n) is 16.4. The van der Waals surface area contributed by atoms with Crippen molar-refractivity contribution in [3.8, 4) is 0 Å². The van der Waals surface area contributed by atoms with E-state index in [0.717, 1.165) is 41.9 Å². The highest BCUT2D eigenvalue weighted by Crippen LogP contribution is 2.25. The summed E-state index contributed by atoms with van der Waals surface area (Å²) >= 11 is 3.25. The molecule has 1 aliphatic rings. The number of carbonyl (C=O) groups is 1. The average molecular weight is 482 g/mol. The molecule has 1 fully saturated rings. The molecule has 3 rings (SSSR count). The second-order valence-electron chi connectivity index (χ2n) is 6.88. The van der Waals surface area contributed by atoms with E-state index in [1.54, 1.807) is 12.1 Å². The molecule has 0 atom stereocenters. The first-order valence-corrected chi connectivity index (χ1v) is 11.4. The number of sulfonamides is 1. The summed E-state index contributed by atoms with van der Waals surface area (Å²) < 4.78 is 31.7. The molecule has 1 saturated heterocycles. The van der Waals surface area contributed by atoms with E-state index in [1.807, 2.05) is 24.3 Å². The van der Waals surface area contributed by atoms with Crippen LogP contribution >= 0.6 is 15.9 Å². The number of nitrogens with zero attached hydrogens (tertiary/aromatic N) is 2. The third-order valence-electron chi connectivity index (χ3n) is 4.72. The van der Waals surface area contributed by atoms with Gasteiger partial charge < -0.3 is 15.0 Å². The summed E-state index contributed by atoms with van der Waals surface area (Å²) in [4.78, 5) is 14.9. The lowest BCUT2D eigenvalue weighted by molar-refractivity contribution is 0.0950. The molecule has 0 saturated carbocycles. The number of amides is 1. The molecule has 0 spiro atoms. The van der Waals surface area contributed by atoms with E-state index in [0.29, 0.717) is 16.6 Å². The lowest BCUT2D eigenvalue weighted by Gasteiger charge is -2.28. The molecule has 7 nitrogen and oxygen atoms in total. The van der Waals surface area contributed by atoms with Crippen LogP contribution in [0.2, 0.25) is 0 Å². The highest BCUT2D eigenvalue weighted by atomic mass is 79.9. The van der Waals surface area contributed by atoms with Crippen LogP contribution in [0, 0.1) is 0 Å². The van der Waals surface area contributed by atoms with E-state index in [4.69, 9.17) is 4.74 Å². The van der Waals surface area contributed by atoms with Crippen LogP contribution in [0.5, 0.6) is 0 Å². The molecule has 9 heteroatoms. The molecule has 2 aromatic rings. The SMILES string of the molecule is CN(C)S(=O)(=O)c1cc(C(=O)NCc2ccc(N3CCOCC3)cc2)ccc1Br. The number of morpholine rings is 1. The number of nitrogens with one attached hydrogen (secondary N) is 1. The van der Waals surface area contributed by atoms with Crippen molar-refractivity contribution in [3.05, 3.63) is 58.1 Å². The standard InChI is InChI=1S/C20H24BrN3O4S/c1-23(2)29(26,27)19-13-16(5-8-18(19)21)20(25)22-14-15-3-6-17(7-4-15)24-9-11-28-12-10-24/h3-8,13H,9-12,14H2,1-2H3,(H,22,25). The Balaban J connectivity index is 1.66. The predicted octanol–water partition coefficient (Wildman–Crippen LogP) is 2.47. The van der Waals surface area contributed by atoms with Crippen LogP contribution in [-0.4, -0.2) is 59.0 Å². The number of benzene rings is 2. The molecule has 1 aliphatic heterocycles. The van der Waals surface area contributed by atoms with Crippen molar-refractivity contribution in [2.24, 2.45) is 0 Å². The maximum atomic E-state index is 12.5. The van der Waals surface area contributed by atoms with Gasteiger partial charge in [0.15, 0.2) is 0 Å². The fourth-order valence-electron chi connectivity index (χ4n) is 2.97. The maximum absolute atomic E-state index is 12.5. The summed E-state index contributed by atoms with van der Waals surface area (Å²) in [5.74, 6) is -0.329. The highest BCUT2D eigenvalue weighted by molar-refractivity contribution is 9.10. The molecule has 0 unspecified atom stereocenters. The molecule has 1 N–H and O–H groups in total. The molecule has 0 radical (unpaired) electrons. The Morgan fingerprint density at radius 3 is 2.41 bits per heavy atom. The van der Waals surface area contributed by atoms with Gasteiger partial charge in [-0.2, -0.15) is 0 Å². The van der Waals surface area contributed by atoms with Gasteiger partial charge in [0.1, 0.15) is 0 Å². The summed E-state index contributed by atoms with van der Waals surface area (Å²) in [7, 11) is -0.746. The Morgan fingerprint density at radius 1 is 1.14 bits per heavy atom. The smallest absolute Gasteiger partial charge is 0.251 e. The van der Waals surface area contributed by atoms with Crippen molar-refractivity contribution in [2.45, 2.75) is 11.4 Å². The zero-order chi connectivity index (χ0) is 21.0. The monoisotopic (exact) mass is 481 g/mol. The second kappa shape index (κ2) is 9.25. The molecule has 156 valence electrons. The van der Waals surface area contributed by atoms with Crippen LogP contribution in [0.15, 0.2) is 51.8 Å². The topological polar surface area (TPSA) is 79.0 Å². The van der Waals surface area contributed by atoms with Gasteiger partial charge >= 0.3 is 0 Å². The minimum absolute atomic E-state index is 0.0602. The minimum Gasteiger partial charge on any atom is -0.378 e. The first kappa shape index (κ1) is 21.8. The fourth-order valence-corrected chi connectivity index (χ4v) is 4.81. The van der Waals surface area contributed by atoms with Gasteiger partial charge in [-0.1, -0.05) is 12.1 Å². The number of ether oxygens (including phenoxy) is 1. The summed E-state index contributed by atoms with van der Waals surface area (Å²) in [5, 5.41) is 2.85. The molecular formula is C20H24BrN3O4S. The van der Waals surface area contributed by atoms with E-state index in [1.165, 1.54) is 20.2 Å². The average Bonchev–Trinajstić information content (AvgIpc) is 2.73. The van der Waals surface area contributed by atoms with Crippen molar-refractivity contribution in [1.82, 2.24) is 9.62 Å². The number of halogens is 1. The number of rotatable bonds is 6. The normalized spacial score (nSPS) is 14.8. The first-order valence-electron chi connectivity index (χ1n) is 9.21. The number of hydrogen-bond acceptors (Lipinski definition) is 5. The summed E-state index contributed by atoms with van der Waals surface area (Å²) in [6.45, 7) is 3.57. The zero-order valence-corrected chi connectivity index (χ0v) is 18.8. The van der Waals surface area contributed by atoms with Crippen LogP contribution < -0.4 is 10.2 Å². The second-order valence-corrected chi connectivity index (χ2v) is 9.86. The molecule has 0 aromatic heterocycles. The van der Waals surface area contributed by atoms with E-state index in [2.05, 4.69) is 26.1 Å². The molecule has 1 heterocycles. The maximum Gasteiger partial charge on any atom is 0.251 e. The van der Waals surface area contributed by atoms with Crippen molar-refractivity contribution in [2.75, 3.05) is 45.3 Å². The van der Waals surface area contributed by atoms with Gasteiger partial charge in [-0.15, -0.1) is 0 Å². The largest absolute Gasteiger partial charge is 0.378 e. The molecule has 2 aromatic carbocycles. The van der Waals surface area contributed by atoms with Gasteiger partial charge in [0, 0.05) is 49.5 Å². The predicted molar refractivity (Wildman–Crippen MR) is 116 cm³/mol. The lowest BCUT2D eigenvalue weighted by atomic mass is 10.1. The van der Waals surface area contributed by atoms with E-state index in [9.17, 15) is 13.2 Å². The van der Waals surface area contributed by atoms with Gasteiger partial charge in [0.25, 0.3) is 5.91 Å². The van der Waals surface area contributed by atoms with Crippen LogP contribution in [-0.2, 0) is 21.3 Å². The minimum atomic E-state index is -3.65. The van der Waals surface area contributed by atoms with Crippen LogP contribution in [0.3, 0.4) is 0 Å². The van der Waals surface area contributed by atoms with Gasteiger partial charge in [0.05, 0.1) is 18.1 Å². The van der Waals surface area contributed by atoms with Crippen LogP contribution in [0.4, 0.5) is 5.69 Å². The summed E-state index contributed by atoms with van der Waals surface area (Å²) in [5.41, 5.74) is 2.39. The number of hydrogen-bond donors (Lipinski definition) is 1. The highest BCUT2D eigenvalue weighted by Gasteiger charge is 2.22. The first-order chi connectivity index (χ1) is 13.8. The van der Waals surface area contributed by atoms with Crippen molar-refractivity contribution in [1.29, 1.82) is 0 Å². The van der Waals surface area contributed by atoms with E-state index in [-0.39, 0.29) is 10.8 Å². The molecule has 0 bridgehead atoms. The third kappa shape index (κ3) is 5.16. The summed E-state index contributed by atoms with van der Waals surface area (Å²) in [6.07, 6.45) is 0. The van der Waals surface area contributed by atoms with Crippen molar-refractivity contribution in [3.63, 3.8) is 0 Å². The Kier molecular flexibility index (Phi) is 6.94. The van der Waals surface area contributed by atoms with E-state index >= 15 is 0 Å². The van der Waals surface area contributed by atoms with Gasteiger partial charge in [0.2, 0.25) is 10.0 Å². The number of carbonyl (C=O) groups excluding carboxylic acids is 1. The van der Waals surface area contributed by atoms with Gasteiger partial charge in [-0.25, -0.2) is 12.7 Å². The van der Waals surface area contributed by atoms with E-state index < -0.39 is 10.0 Å². The Hall–Kier alpha value is -1.94. The Bertz CT molecular complexity index is 972. The van der Waals surface area contributed by atoms with Crippen LogP contribution in [0.25, 0.3) is 0 Å². The molecular weight excluding hydrogens is 458 g/mol. The van der Waals surface area contributed by atoms with Crippen LogP contribution in [0.1, 0.15) is 15.9 Å². The van der Waals surface area contributed by atoms with Crippen molar-refractivity contribution >= 4 is 37.5 Å². The number of anilines is 1. The Morgan fingerprint density at radius 2 is 1.79 bits per heavy atom.